The number of anilines is 1. The molecular formula is C13H21ClN4O2. The number of rotatable bonds is 6. The molecule has 1 aromatic heterocycles. The van der Waals surface area contributed by atoms with Crippen LogP contribution in [-0.2, 0) is 16.0 Å². The lowest BCUT2D eigenvalue weighted by Crippen LogP contribution is -2.34. The number of nitrogen functional groups attached to an aromatic ring is 1. The number of nitrogens with two attached hydrogens (primary N) is 1. The fourth-order valence-electron chi connectivity index (χ4n) is 1.48. The first-order valence-electron chi connectivity index (χ1n) is 6.24. The van der Waals surface area contributed by atoms with E-state index >= 15 is 0 Å². The number of aromatic nitrogens is 1. The zero-order valence-electron chi connectivity index (χ0n) is 11.7. The van der Waals surface area contributed by atoms with E-state index in [1.165, 1.54) is 6.20 Å². The van der Waals surface area contributed by atoms with Gasteiger partial charge < -0.3 is 16.4 Å². The highest BCUT2D eigenvalue weighted by Gasteiger charge is 2.06. The summed E-state index contributed by atoms with van der Waals surface area (Å²) in [6.45, 7) is 4.11. The van der Waals surface area contributed by atoms with Crippen molar-refractivity contribution in [2.75, 3.05) is 12.3 Å². The third kappa shape index (κ3) is 7.58. The fourth-order valence-corrected chi connectivity index (χ4v) is 1.48. The van der Waals surface area contributed by atoms with Gasteiger partial charge in [-0.3, -0.25) is 14.6 Å². The fraction of sp³-hybridized carbons (Fsp3) is 0.462. The Labute approximate surface area is 124 Å². The van der Waals surface area contributed by atoms with Crippen LogP contribution < -0.4 is 16.4 Å². The quantitative estimate of drug-likeness (QED) is 0.719. The Morgan fingerprint density at radius 3 is 2.55 bits per heavy atom. The second-order valence-electron chi connectivity index (χ2n) is 4.58. The van der Waals surface area contributed by atoms with Gasteiger partial charge in [0.25, 0.3) is 0 Å². The Balaban J connectivity index is 0.00000361. The summed E-state index contributed by atoms with van der Waals surface area (Å²) in [4.78, 5) is 27.0. The highest BCUT2D eigenvalue weighted by molar-refractivity contribution is 5.85. The Morgan fingerprint density at radius 1 is 1.30 bits per heavy atom. The molecule has 0 radical (unpaired) electrons. The lowest BCUT2D eigenvalue weighted by Gasteiger charge is -2.08. The molecule has 0 saturated heterocycles. The van der Waals surface area contributed by atoms with Crippen molar-refractivity contribution in [3.63, 3.8) is 0 Å². The van der Waals surface area contributed by atoms with Crippen LogP contribution in [0.1, 0.15) is 26.0 Å². The van der Waals surface area contributed by atoms with E-state index < -0.39 is 0 Å². The second-order valence-corrected chi connectivity index (χ2v) is 4.58. The number of pyridine rings is 1. The van der Waals surface area contributed by atoms with E-state index in [-0.39, 0.29) is 43.1 Å². The van der Waals surface area contributed by atoms with E-state index in [4.69, 9.17) is 5.73 Å². The molecule has 1 heterocycles. The first-order valence-corrected chi connectivity index (χ1v) is 6.24. The third-order valence-electron chi connectivity index (χ3n) is 2.31. The number of carbonyl (C=O) groups excluding carboxylic acids is 2. The van der Waals surface area contributed by atoms with Crippen molar-refractivity contribution < 1.29 is 9.59 Å². The number of amides is 2. The lowest BCUT2D eigenvalue weighted by atomic mass is 10.2. The lowest BCUT2D eigenvalue weighted by molar-refractivity contribution is -0.122. The van der Waals surface area contributed by atoms with Crippen LogP contribution in [0.4, 0.5) is 5.69 Å². The zero-order chi connectivity index (χ0) is 14.3. The highest BCUT2D eigenvalue weighted by atomic mass is 35.5. The summed E-state index contributed by atoms with van der Waals surface area (Å²) in [5.74, 6) is -0.226. The largest absolute Gasteiger partial charge is 0.397 e. The van der Waals surface area contributed by atoms with E-state index in [1.54, 1.807) is 12.1 Å². The molecule has 0 atom stereocenters. The molecule has 0 saturated carbocycles. The van der Waals surface area contributed by atoms with Gasteiger partial charge >= 0.3 is 0 Å². The Kier molecular flexibility index (Phi) is 8.31. The van der Waals surface area contributed by atoms with Crippen molar-refractivity contribution in [1.82, 2.24) is 15.6 Å². The van der Waals surface area contributed by atoms with E-state index in [2.05, 4.69) is 15.6 Å². The summed E-state index contributed by atoms with van der Waals surface area (Å²) in [6.07, 6.45) is 1.98. The van der Waals surface area contributed by atoms with Crippen LogP contribution in [0.15, 0.2) is 18.3 Å². The van der Waals surface area contributed by atoms with Gasteiger partial charge in [0, 0.05) is 24.7 Å². The molecule has 1 rings (SSSR count). The monoisotopic (exact) mass is 300 g/mol. The molecule has 2 amide bonds. The molecule has 20 heavy (non-hydrogen) atoms. The van der Waals surface area contributed by atoms with Crippen LogP contribution in [0.2, 0.25) is 0 Å². The van der Waals surface area contributed by atoms with Crippen LogP contribution in [-0.4, -0.2) is 29.4 Å². The van der Waals surface area contributed by atoms with Gasteiger partial charge in [-0.2, -0.15) is 0 Å². The summed E-state index contributed by atoms with van der Waals surface area (Å²) in [6, 6.07) is 3.52. The number of halogens is 1. The van der Waals surface area contributed by atoms with E-state index in [0.717, 1.165) is 0 Å². The van der Waals surface area contributed by atoms with Crippen LogP contribution in [0.25, 0.3) is 0 Å². The standard InChI is InChI=1S/C13H20N4O2.ClH/c1-9(2)17-12(18)5-6-15-13(19)7-11-4-3-10(14)8-16-11;/h3-4,8-9H,5-7,14H2,1-2H3,(H,15,19)(H,17,18);1H. The number of nitrogens with one attached hydrogen (secondary N) is 2. The molecule has 0 aliphatic rings. The van der Waals surface area contributed by atoms with Gasteiger partial charge in [0.2, 0.25) is 11.8 Å². The highest BCUT2D eigenvalue weighted by Crippen LogP contribution is 2.01. The predicted molar refractivity (Wildman–Crippen MR) is 80.5 cm³/mol. The summed E-state index contributed by atoms with van der Waals surface area (Å²) in [5, 5.41) is 5.43. The van der Waals surface area contributed by atoms with Crippen molar-refractivity contribution in [2.24, 2.45) is 0 Å². The van der Waals surface area contributed by atoms with Crippen LogP contribution in [0.5, 0.6) is 0 Å². The van der Waals surface area contributed by atoms with Crippen molar-refractivity contribution in [3.05, 3.63) is 24.0 Å². The van der Waals surface area contributed by atoms with Crippen LogP contribution in [0, 0.1) is 0 Å². The van der Waals surface area contributed by atoms with E-state index in [1.807, 2.05) is 13.8 Å². The molecule has 7 heteroatoms. The van der Waals surface area contributed by atoms with Crippen molar-refractivity contribution in [2.45, 2.75) is 32.7 Å². The van der Waals surface area contributed by atoms with Crippen molar-refractivity contribution in [3.8, 4) is 0 Å². The van der Waals surface area contributed by atoms with Gasteiger partial charge in [0.15, 0.2) is 0 Å². The molecule has 6 nitrogen and oxygen atoms in total. The maximum absolute atomic E-state index is 11.6. The molecule has 0 bridgehead atoms. The van der Waals surface area contributed by atoms with Gasteiger partial charge in [0.05, 0.1) is 18.3 Å². The zero-order valence-corrected chi connectivity index (χ0v) is 12.5. The molecule has 0 aliphatic heterocycles. The first kappa shape index (κ1) is 18.2. The molecular weight excluding hydrogens is 280 g/mol. The van der Waals surface area contributed by atoms with Gasteiger partial charge in [-0.05, 0) is 26.0 Å². The molecule has 0 aromatic carbocycles. The van der Waals surface area contributed by atoms with Crippen LogP contribution in [0.3, 0.4) is 0 Å². The minimum absolute atomic E-state index is 0. The van der Waals surface area contributed by atoms with Gasteiger partial charge in [-0.15, -0.1) is 12.4 Å². The minimum Gasteiger partial charge on any atom is -0.397 e. The molecule has 0 spiro atoms. The maximum Gasteiger partial charge on any atom is 0.226 e. The molecule has 0 fully saturated rings. The van der Waals surface area contributed by atoms with Crippen molar-refractivity contribution in [1.29, 1.82) is 0 Å². The number of hydrogen-bond donors (Lipinski definition) is 3. The van der Waals surface area contributed by atoms with Crippen LogP contribution >= 0.6 is 12.4 Å². The molecule has 4 N–H and O–H groups in total. The molecule has 1 aromatic rings. The predicted octanol–water partition coefficient (Wildman–Crippen LogP) is 0.659. The Bertz CT molecular complexity index is 435. The summed E-state index contributed by atoms with van der Waals surface area (Å²) < 4.78 is 0. The van der Waals surface area contributed by atoms with E-state index in [9.17, 15) is 9.59 Å². The second kappa shape index (κ2) is 9.14. The molecule has 0 unspecified atom stereocenters. The average molecular weight is 301 g/mol. The Morgan fingerprint density at radius 2 is 2.00 bits per heavy atom. The molecule has 112 valence electrons. The minimum atomic E-state index is -0.158. The normalized spacial score (nSPS) is 9.75. The summed E-state index contributed by atoms with van der Waals surface area (Å²) >= 11 is 0. The average Bonchev–Trinajstić information content (AvgIpc) is 2.31. The maximum atomic E-state index is 11.6. The first-order chi connectivity index (χ1) is 8.97. The van der Waals surface area contributed by atoms with E-state index in [0.29, 0.717) is 17.9 Å². The van der Waals surface area contributed by atoms with Gasteiger partial charge in [-0.25, -0.2) is 0 Å². The Hall–Kier alpha value is -1.82. The number of nitrogens with zero attached hydrogens (tertiary/aromatic N) is 1. The molecule has 0 aliphatic carbocycles. The van der Waals surface area contributed by atoms with Gasteiger partial charge in [0.1, 0.15) is 0 Å². The summed E-state index contributed by atoms with van der Waals surface area (Å²) in [7, 11) is 0. The van der Waals surface area contributed by atoms with Gasteiger partial charge in [-0.1, -0.05) is 0 Å². The third-order valence-corrected chi connectivity index (χ3v) is 2.31. The SMILES string of the molecule is CC(C)NC(=O)CCNC(=O)Cc1ccc(N)cn1.Cl. The number of hydrogen-bond acceptors (Lipinski definition) is 4. The number of carbonyl (C=O) groups is 2. The topological polar surface area (TPSA) is 97.1 Å². The summed E-state index contributed by atoms with van der Waals surface area (Å²) in [5.41, 5.74) is 6.72. The van der Waals surface area contributed by atoms with Crippen molar-refractivity contribution >= 4 is 29.9 Å². The smallest absolute Gasteiger partial charge is 0.226 e.